The molecule has 1 aromatic heterocycles. The smallest absolute Gasteiger partial charge is 0.134 e. The van der Waals surface area contributed by atoms with E-state index in [9.17, 15) is 0 Å². The van der Waals surface area contributed by atoms with Gasteiger partial charge in [0.1, 0.15) is 17.3 Å². The Morgan fingerprint density at radius 3 is 1.86 bits per heavy atom. The number of nitrogens with zero attached hydrogens (tertiary/aromatic N) is 2. The average Bonchev–Trinajstić information content (AvgIpc) is 3.49. The van der Waals surface area contributed by atoms with Crippen molar-refractivity contribution >= 4 is 11.5 Å². The third-order valence-electron chi connectivity index (χ3n) is 10.3. The van der Waals surface area contributed by atoms with Crippen LogP contribution >= 0.6 is 0 Å². The Balaban J connectivity index is 1.15. The summed E-state index contributed by atoms with van der Waals surface area (Å²) in [7, 11) is 0. The highest BCUT2D eigenvalue weighted by molar-refractivity contribution is 6.04. The number of ether oxygens (including phenoxy) is 1. The van der Waals surface area contributed by atoms with E-state index in [-0.39, 0.29) is 6.04 Å². The minimum atomic E-state index is -0.488. The van der Waals surface area contributed by atoms with E-state index < -0.39 is 5.41 Å². The standard InChI is InChI=1S/C46H31N3O/c1-2-14-30(15-3-1)45-48-41(29-42(49-45)40-23-12-13-27-47-40)35-19-5-4-16-32(35)31-25-26-39-44(28-31)50-43-24-11-10-22-38(43)46(39)36-20-8-6-17-33(36)34-18-7-9-21-37(34)46/h1-29,42H,(H,48,49). The van der Waals surface area contributed by atoms with E-state index in [0.717, 1.165) is 56.5 Å². The zero-order valence-electron chi connectivity index (χ0n) is 27.1. The Kier molecular flexibility index (Phi) is 6.43. The summed E-state index contributed by atoms with van der Waals surface area (Å²) >= 11 is 0. The molecule has 1 N–H and O–H groups in total. The lowest BCUT2D eigenvalue weighted by molar-refractivity contribution is 0.436. The normalized spacial score (nSPS) is 16.1. The Hall–Kier alpha value is -6.52. The molecule has 0 bridgehead atoms. The lowest BCUT2D eigenvalue weighted by Gasteiger charge is -2.39. The van der Waals surface area contributed by atoms with Crippen molar-refractivity contribution in [2.45, 2.75) is 11.5 Å². The number of aromatic nitrogens is 1. The van der Waals surface area contributed by atoms with Gasteiger partial charge in [-0.2, -0.15) is 0 Å². The number of hydrogen-bond donors (Lipinski definition) is 1. The van der Waals surface area contributed by atoms with Crippen LogP contribution in [0.4, 0.5) is 0 Å². The molecule has 3 aliphatic rings. The average molecular weight is 642 g/mol. The molecule has 4 nitrogen and oxygen atoms in total. The largest absolute Gasteiger partial charge is 0.457 e. The summed E-state index contributed by atoms with van der Waals surface area (Å²) in [6, 6.07) is 57.6. The topological polar surface area (TPSA) is 46.5 Å². The fraction of sp³-hybridized carbons (Fsp3) is 0.0435. The molecule has 0 saturated heterocycles. The number of para-hydroxylation sites is 1. The third-order valence-corrected chi connectivity index (χ3v) is 10.3. The Labute approximate surface area is 291 Å². The number of benzene rings is 6. The molecule has 0 saturated carbocycles. The number of aliphatic imine (C=N–C) groups is 1. The van der Waals surface area contributed by atoms with Gasteiger partial charge < -0.3 is 10.1 Å². The predicted molar refractivity (Wildman–Crippen MR) is 200 cm³/mol. The van der Waals surface area contributed by atoms with Crippen molar-refractivity contribution in [3.05, 3.63) is 215 Å². The van der Waals surface area contributed by atoms with Gasteiger partial charge in [-0.1, -0.05) is 140 Å². The van der Waals surface area contributed by atoms with Crippen LogP contribution in [-0.4, -0.2) is 10.8 Å². The van der Waals surface area contributed by atoms with Crippen molar-refractivity contribution in [3.63, 3.8) is 0 Å². The molecule has 3 heterocycles. The molecule has 2 aliphatic heterocycles. The van der Waals surface area contributed by atoms with Gasteiger partial charge in [-0.05, 0) is 63.7 Å². The number of nitrogens with one attached hydrogen (secondary N) is 1. The molecule has 4 heteroatoms. The molecule has 6 aromatic carbocycles. The summed E-state index contributed by atoms with van der Waals surface area (Å²) in [5.41, 5.74) is 13.0. The fourth-order valence-electron chi connectivity index (χ4n) is 8.14. The summed E-state index contributed by atoms with van der Waals surface area (Å²) in [4.78, 5) is 9.91. The first-order valence-electron chi connectivity index (χ1n) is 17.0. The van der Waals surface area contributed by atoms with Gasteiger partial charge >= 0.3 is 0 Å². The molecule has 0 amide bonds. The maximum absolute atomic E-state index is 6.83. The second-order valence-electron chi connectivity index (χ2n) is 13.0. The summed E-state index contributed by atoms with van der Waals surface area (Å²) in [6.45, 7) is 0. The second-order valence-corrected chi connectivity index (χ2v) is 13.0. The van der Waals surface area contributed by atoms with Crippen molar-refractivity contribution < 1.29 is 4.74 Å². The van der Waals surface area contributed by atoms with Crippen LogP contribution < -0.4 is 10.1 Å². The molecule has 7 aromatic rings. The van der Waals surface area contributed by atoms with Gasteiger partial charge in [0.25, 0.3) is 0 Å². The molecular formula is C46H31N3O. The van der Waals surface area contributed by atoms with Crippen LogP contribution in [0.2, 0.25) is 0 Å². The molecule has 50 heavy (non-hydrogen) atoms. The van der Waals surface area contributed by atoms with Crippen LogP contribution in [0.5, 0.6) is 11.5 Å². The third kappa shape index (κ3) is 4.25. The van der Waals surface area contributed by atoms with Crippen LogP contribution in [0.15, 0.2) is 181 Å². The van der Waals surface area contributed by atoms with Crippen LogP contribution in [0.3, 0.4) is 0 Å². The minimum absolute atomic E-state index is 0.141. The van der Waals surface area contributed by atoms with Crippen molar-refractivity contribution in [1.82, 2.24) is 10.3 Å². The fourth-order valence-corrected chi connectivity index (χ4v) is 8.14. The zero-order valence-corrected chi connectivity index (χ0v) is 27.1. The Morgan fingerprint density at radius 1 is 0.500 bits per heavy atom. The van der Waals surface area contributed by atoms with Gasteiger partial charge in [0, 0.05) is 28.5 Å². The Morgan fingerprint density at radius 2 is 1.12 bits per heavy atom. The highest BCUT2D eigenvalue weighted by atomic mass is 16.5. The van der Waals surface area contributed by atoms with Crippen LogP contribution in [0.1, 0.15) is 45.1 Å². The summed E-state index contributed by atoms with van der Waals surface area (Å²) < 4.78 is 6.83. The van der Waals surface area contributed by atoms with E-state index in [1.54, 1.807) is 0 Å². The number of rotatable bonds is 4. The van der Waals surface area contributed by atoms with Gasteiger partial charge in [-0.15, -0.1) is 0 Å². The summed E-state index contributed by atoms with van der Waals surface area (Å²) in [5, 5.41) is 3.63. The van der Waals surface area contributed by atoms with Crippen molar-refractivity contribution in [2.24, 2.45) is 4.99 Å². The summed E-state index contributed by atoms with van der Waals surface area (Å²) in [6.07, 6.45) is 4.02. The number of amidine groups is 1. The number of pyridine rings is 1. The predicted octanol–water partition coefficient (Wildman–Crippen LogP) is 10.3. The van der Waals surface area contributed by atoms with Gasteiger partial charge in [0.15, 0.2) is 0 Å². The van der Waals surface area contributed by atoms with Crippen molar-refractivity contribution in [1.29, 1.82) is 0 Å². The molecule has 1 spiro atoms. The molecule has 1 unspecified atom stereocenters. The number of hydrogen-bond acceptors (Lipinski definition) is 4. The SMILES string of the molecule is C1=C(c2ccccc2-c2ccc3c(c2)Oc2ccccc2C32c3ccccc3-c3ccccc32)N=C(c2ccccc2)NC1c1ccccn1. The molecule has 0 radical (unpaired) electrons. The monoisotopic (exact) mass is 641 g/mol. The Bertz CT molecular complexity index is 2450. The first kappa shape index (κ1) is 28.5. The van der Waals surface area contributed by atoms with E-state index in [1.807, 2.05) is 36.5 Å². The molecule has 0 fully saturated rings. The molecular weight excluding hydrogens is 611 g/mol. The lowest BCUT2D eigenvalue weighted by Crippen LogP contribution is -2.32. The van der Waals surface area contributed by atoms with Gasteiger partial charge in [-0.3, -0.25) is 4.98 Å². The first-order chi connectivity index (χ1) is 24.8. The molecule has 236 valence electrons. The highest BCUT2D eigenvalue weighted by Crippen LogP contribution is 2.62. The molecule has 1 aliphatic carbocycles. The van der Waals surface area contributed by atoms with Crippen LogP contribution in [0.25, 0.3) is 28.0 Å². The van der Waals surface area contributed by atoms with E-state index in [2.05, 4.69) is 145 Å². The molecule has 1 atom stereocenters. The molecule has 10 rings (SSSR count). The number of fused-ring (bicyclic) bond motifs is 9. The quantitative estimate of drug-likeness (QED) is 0.208. The van der Waals surface area contributed by atoms with E-state index in [0.29, 0.717) is 0 Å². The maximum Gasteiger partial charge on any atom is 0.134 e. The second kappa shape index (κ2) is 11.3. The summed E-state index contributed by atoms with van der Waals surface area (Å²) in [5.74, 6) is 2.56. The van der Waals surface area contributed by atoms with Gasteiger partial charge in [-0.25, -0.2) is 4.99 Å². The van der Waals surface area contributed by atoms with Crippen molar-refractivity contribution in [2.75, 3.05) is 0 Å². The van der Waals surface area contributed by atoms with E-state index in [4.69, 9.17) is 14.7 Å². The maximum atomic E-state index is 6.83. The van der Waals surface area contributed by atoms with Crippen molar-refractivity contribution in [3.8, 4) is 33.8 Å². The van der Waals surface area contributed by atoms with Crippen LogP contribution in [-0.2, 0) is 5.41 Å². The van der Waals surface area contributed by atoms with Gasteiger partial charge in [0.05, 0.1) is 22.8 Å². The first-order valence-corrected chi connectivity index (χ1v) is 17.0. The van der Waals surface area contributed by atoms with Crippen LogP contribution in [0, 0.1) is 0 Å². The van der Waals surface area contributed by atoms with E-state index >= 15 is 0 Å². The zero-order chi connectivity index (χ0) is 33.1. The lowest BCUT2D eigenvalue weighted by atomic mass is 9.66. The highest BCUT2D eigenvalue weighted by Gasteiger charge is 2.50. The minimum Gasteiger partial charge on any atom is -0.457 e. The van der Waals surface area contributed by atoms with E-state index in [1.165, 1.54) is 27.8 Å². The van der Waals surface area contributed by atoms with Gasteiger partial charge in [0.2, 0.25) is 0 Å².